The third kappa shape index (κ3) is 4.67. The Balaban J connectivity index is 1.62. The van der Waals surface area contributed by atoms with Crippen LogP contribution in [0.5, 0.6) is 0 Å². The molecule has 2 heterocycles. The molecule has 1 fully saturated rings. The number of esters is 1. The summed E-state index contributed by atoms with van der Waals surface area (Å²) in [5.41, 5.74) is 1.47. The summed E-state index contributed by atoms with van der Waals surface area (Å²) in [7, 11) is 1.32. The van der Waals surface area contributed by atoms with Gasteiger partial charge in [-0.3, -0.25) is 19.5 Å². The monoisotopic (exact) mass is 342 g/mol. The van der Waals surface area contributed by atoms with Crippen LogP contribution in [0.3, 0.4) is 0 Å². The number of nitrogens with zero attached hydrogens (tertiary/aromatic N) is 3. The summed E-state index contributed by atoms with van der Waals surface area (Å²) in [5.74, 6) is 0.113. The summed E-state index contributed by atoms with van der Waals surface area (Å²) >= 11 is 0. The van der Waals surface area contributed by atoms with Gasteiger partial charge in [0.1, 0.15) is 0 Å². The maximum Gasteiger partial charge on any atom is 0.311 e. The minimum Gasteiger partial charge on any atom is -0.469 e. The lowest BCUT2D eigenvalue weighted by Gasteiger charge is -2.35. The van der Waals surface area contributed by atoms with Crippen molar-refractivity contribution in [3.8, 4) is 0 Å². The number of hydrogen-bond acceptors (Lipinski definition) is 6. The molecule has 1 aromatic heterocycles. The molecule has 1 aliphatic rings. The van der Waals surface area contributed by atoms with Crippen LogP contribution in [-0.4, -0.2) is 54.1 Å². The van der Waals surface area contributed by atoms with E-state index in [-0.39, 0.29) is 12.0 Å². The van der Waals surface area contributed by atoms with Crippen LogP contribution in [0.2, 0.25) is 0 Å². The van der Waals surface area contributed by atoms with Gasteiger partial charge < -0.3 is 9.64 Å². The number of H-pyrrole nitrogens is 1. The molecule has 3 rings (SSSR count). The van der Waals surface area contributed by atoms with Gasteiger partial charge in [-0.2, -0.15) is 0 Å². The van der Waals surface area contributed by atoms with E-state index in [0.29, 0.717) is 11.6 Å². The molecule has 0 unspecified atom stereocenters. The van der Waals surface area contributed by atoms with E-state index in [1.807, 2.05) is 23.1 Å². The van der Waals surface area contributed by atoms with E-state index >= 15 is 0 Å². The van der Waals surface area contributed by atoms with E-state index in [1.54, 1.807) is 0 Å². The highest BCUT2D eigenvalue weighted by molar-refractivity contribution is 5.71. The molecule has 7 heteroatoms. The van der Waals surface area contributed by atoms with E-state index in [9.17, 15) is 9.59 Å². The summed E-state index contributed by atoms with van der Waals surface area (Å²) in [5, 5.41) is 0. The second-order valence-corrected chi connectivity index (χ2v) is 6.06. The fourth-order valence-corrected chi connectivity index (χ4v) is 2.91. The van der Waals surface area contributed by atoms with Gasteiger partial charge in [0, 0.05) is 38.8 Å². The van der Waals surface area contributed by atoms with Crippen molar-refractivity contribution < 1.29 is 9.53 Å². The first kappa shape index (κ1) is 17.2. The molecule has 1 aromatic carbocycles. The number of aromatic amines is 1. The first-order valence-electron chi connectivity index (χ1n) is 8.32. The van der Waals surface area contributed by atoms with Gasteiger partial charge in [0.15, 0.2) is 0 Å². The fourth-order valence-electron chi connectivity index (χ4n) is 2.91. The smallest absolute Gasteiger partial charge is 0.311 e. The first-order valence-corrected chi connectivity index (χ1v) is 8.32. The first-order chi connectivity index (χ1) is 12.1. The highest BCUT2D eigenvalue weighted by atomic mass is 16.5. The summed E-state index contributed by atoms with van der Waals surface area (Å²) in [6, 6.07) is 11.7. The van der Waals surface area contributed by atoms with Crippen molar-refractivity contribution >= 4 is 11.9 Å². The molecule has 2 aromatic rings. The van der Waals surface area contributed by atoms with Gasteiger partial charge in [0.25, 0.3) is 5.56 Å². The summed E-state index contributed by atoms with van der Waals surface area (Å²) < 4.78 is 4.64. The molecule has 7 nitrogen and oxygen atoms in total. The molecule has 0 atom stereocenters. The van der Waals surface area contributed by atoms with Crippen molar-refractivity contribution in [3.63, 3.8) is 0 Å². The summed E-state index contributed by atoms with van der Waals surface area (Å²) in [6.07, 6.45) is 0.00138. The molecule has 1 aliphatic heterocycles. The van der Waals surface area contributed by atoms with Crippen LogP contribution in [0.1, 0.15) is 11.3 Å². The third-order valence-electron chi connectivity index (χ3n) is 4.26. The number of carbonyl (C=O) groups excluding carboxylic acids is 1. The van der Waals surface area contributed by atoms with E-state index in [1.165, 1.54) is 18.7 Å². The Bertz CT molecular complexity index is 767. The predicted octanol–water partition coefficient (Wildman–Crippen LogP) is 0.808. The molecule has 1 N–H and O–H groups in total. The Morgan fingerprint density at radius 2 is 1.92 bits per heavy atom. The van der Waals surface area contributed by atoms with Crippen LogP contribution >= 0.6 is 0 Å². The van der Waals surface area contributed by atoms with Gasteiger partial charge in [-0.25, -0.2) is 4.98 Å². The average molecular weight is 342 g/mol. The number of benzene rings is 1. The zero-order chi connectivity index (χ0) is 17.6. The van der Waals surface area contributed by atoms with Crippen molar-refractivity contribution in [2.24, 2.45) is 0 Å². The molecule has 132 valence electrons. The lowest BCUT2D eigenvalue weighted by atomic mass is 10.2. The van der Waals surface area contributed by atoms with Gasteiger partial charge >= 0.3 is 5.97 Å². The number of methoxy groups -OCH3 is 1. The van der Waals surface area contributed by atoms with Crippen LogP contribution in [0.15, 0.2) is 41.2 Å². The van der Waals surface area contributed by atoms with Gasteiger partial charge in [-0.05, 0) is 5.56 Å². The van der Waals surface area contributed by atoms with Crippen LogP contribution in [0.4, 0.5) is 5.95 Å². The number of ether oxygens (including phenoxy) is 1. The maximum atomic E-state index is 11.8. The highest BCUT2D eigenvalue weighted by Crippen LogP contribution is 2.13. The van der Waals surface area contributed by atoms with Crippen molar-refractivity contribution in [3.05, 3.63) is 58.0 Å². The van der Waals surface area contributed by atoms with Crippen LogP contribution in [0.25, 0.3) is 0 Å². The molecule has 0 bridgehead atoms. The number of hydrogen-bond donors (Lipinski definition) is 1. The summed E-state index contributed by atoms with van der Waals surface area (Å²) in [4.78, 5) is 34.8. The fraction of sp³-hybridized carbons (Fsp3) is 0.389. The third-order valence-corrected chi connectivity index (χ3v) is 4.26. The van der Waals surface area contributed by atoms with Crippen molar-refractivity contribution in [1.29, 1.82) is 0 Å². The molecule has 0 radical (unpaired) electrons. The van der Waals surface area contributed by atoms with Crippen molar-refractivity contribution in [2.75, 3.05) is 38.2 Å². The SMILES string of the molecule is COC(=O)Cc1cc(=O)[nH]c(N2CCN(Cc3ccccc3)CC2)n1. The summed E-state index contributed by atoms with van der Waals surface area (Å²) in [6.45, 7) is 4.25. The standard InChI is InChI=1S/C18H22N4O3/c1-25-17(24)12-15-11-16(23)20-18(19-15)22-9-7-21(8-10-22)13-14-5-3-2-4-6-14/h2-6,11H,7-10,12-13H2,1H3,(H,19,20,23). The minimum absolute atomic E-state index is 0.00138. The predicted molar refractivity (Wildman–Crippen MR) is 94.5 cm³/mol. The quantitative estimate of drug-likeness (QED) is 0.810. The van der Waals surface area contributed by atoms with Crippen LogP contribution in [-0.2, 0) is 22.5 Å². The number of anilines is 1. The molecule has 0 saturated carbocycles. The van der Waals surface area contributed by atoms with E-state index in [2.05, 4.69) is 31.7 Å². The lowest BCUT2D eigenvalue weighted by molar-refractivity contribution is -0.139. The molecule has 0 amide bonds. The molecular formula is C18H22N4O3. The molecule has 0 aliphatic carbocycles. The van der Waals surface area contributed by atoms with Crippen LogP contribution < -0.4 is 10.5 Å². The Kier molecular flexibility index (Phi) is 5.45. The van der Waals surface area contributed by atoms with Crippen LogP contribution in [0, 0.1) is 0 Å². The minimum atomic E-state index is -0.406. The highest BCUT2D eigenvalue weighted by Gasteiger charge is 2.19. The number of rotatable bonds is 5. The Morgan fingerprint density at radius 3 is 2.60 bits per heavy atom. The Morgan fingerprint density at radius 1 is 1.20 bits per heavy atom. The average Bonchev–Trinajstić information content (AvgIpc) is 2.62. The molecule has 0 spiro atoms. The number of nitrogens with one attached hydrogen (secondary N) is 1. The second-order valence-electron chi connectivity index (χ2n) is 6.06. The number of carbonyl (C=O) groups is 1. The Hall–Kier alpha value is -2.67. The molecule has 25 heavy (non-hydrogen) atoms. The maximum absolute atomic E-state index is 11.8. The van der Waals surface area contributed by atoms with Gasteiger partial charge in [0.2, 0.25) is 5.95 Å². The second kappa shape index (κ2) is 7.94. The lowest BCUT2D eigenvalue weighted by Crippen LogP contribution is -2.47. The largest absolute Gasteiger partial charge is 0.469 e. The molecular weight excluding hydrogens is 320 g/mol. The van der Waals surface area contributed by atoms with Gasteiger partial charge in [-0.15, -0.1) is 0 Å². The van der Waals surface area contributed by atoms with E-state index < -0.39 is 5.97 Å². The van der Waals surface area contributed by atoms with Crippen molar-refractivity contribution in [2.45, 2.75) is 13.0 Å². The zero-order valence-electron chi connectivity index (χ0n) is 14.3. The normalized spacial score (nSPS) is 15.2. The van der Waals surface area contributed by atoms with Crippen molar-refractivity contribution in [1.82, 2.24) is 14.9 Å². The zero-order valence-corrected chi connectivity index (χ0v) is 14.3. The topological polar surface area (TPSA) is 78.5 Å². The van der Waals surface area contributed by atoms with Gasteiger partial charge in [-0.1, -0.05) is 30.3 Å². The number of piperazine rings is 1. The van der Waals surface area contributed by atoms with E-state index in [4.69, 9.17) is 0 Å². The van der Waals surface area contributed by atoms with Gasteiger partial charge in [0.05, 0.1) is 19.2 Å². The Labute approximate surface area is 146 Å². The molecule has 1 saturated heterocycles. The number of aromatic nitrogens is 2. The van der Waals surface area contributed by atoms with E-state index in [0.717, 1.165) is 32.7 Å².